The van der Waals surface area contributed by atoms with Crippen LogP contribution >= 0.6 is 15.9 Å². The van der Waals surface area contributed by atoms with Crippen LogP contribution in [0.25, 0.3) is 0 Å². The molecule has 19 heavy (non-hydrogen) atoms. The van der Waals surface area contributed by atoms with Crippen LogP contribution in [0, 0.1) is 0 Å². The normalized spacial score (nSPS) is 10.4. The Morgan fingerprint density at radius 2 is 2.05 bits per heavy atom. The van der Waals surface area contributed by atoms with E-state index in [4.69, 9.17) is 0 Å². The van der Waals surface area contributed by atoms with E-state index >= 15 is 0 Å². The molecule has 0 aromatic heterocycles. The van der Waals surface area contributed by atoms with E-state index in [-0.39, 0.29) is 29.8 Å². The summed E-state index contributed by atoms with van der Waals surface area (Å²) in [7, 11) is 1.52. The molecule has 0 saturated carbocycles. The Balaban J connectivity index is 2.77. The highest BCUT2D eigenvalue weighted by atomic mass is 79.9. The molecule has 0 aliphatic carbocycles. The van der Waals surface area contributed by atoms with Gasteiger partial charge in [-0.3, -0.25) is 9.59 Å². The quantitative estimate of drug-likeness (QED) is 0.884. The number of nitrogens with one attached hydrogen (secondary N) is 1. The number of halogens is 1. The summed E-state index contributed by atoms with van der Waals surface area (Å²) in [6, 6.07) is 4.61. The summed E-state index contributed by atoms with van der Waals surface area (Å²) in [5.41, 5.74) is 0.161. The van der Waals surface area contributed by atoms with E-state index in [2.05, 4.69) is 21.2 Å². The fourth-order valence-corrected chi connectivity index (χ4v) is 1.90. The number of carbonyl (C=O) groups excluding carboxylic acids is 2. The minimum Gasteiger partial charge on any atom is -0.507 e. The van der Waals surface area contributed by atoms with Crippen LogP contribution < -0.4 is 5.32 Å². The average molecular weight is 329 g/mol. The third-order valence-corrected chi connectivity index (χ3v) is 2.86. The number of phenols is 1. The molecule has 0 bridgehead atoms. The van der Waals surface area contributed by atoms with Gasteiger partial charge in [0.05, 0.1) is 12.1 Å². The number of aromatic hydroxyl groups is 1. The molecule has 0 aliphatic rings. The topological polar surface area (TPSA) is 69.6 Å². The lowest BCUT2D eigenvalue weighted by Gasteiger charge is -2.18. The van der Waals surface area contributed by atoms with Crippen molar-refractivity contribution < 1.29 is 14.7 Å². The van der Waals surface area contributed by atoms with Crippen LogP contribution in [-0.4, -0.2) is 41.5 Å². The zero-order valence-electron chi connectivity index (χ0n) is 11.1. The predicted molar refractivity (Wildman–Crippen MR) is 76.0 cm³/mol. The summed E-state index contributed by atoms with van der Waals surface area (Å²) in [6.45, 7) is 3.64. The van der Waals surface area contributed by atoms with Crippen LogP contribution in [0.4, 0.5) is 0 Å². The summed E-state index contributed by atoms with van der Waals surface area (Å²) in [5, 5.41) is 12.4. The summed E-state index contributed by atoms with van der Waals surface area (Å²) >= 11 is 3.24. The number of carbonyl (C=O) groups is 2. The lowest BCUT2D eigenvalue weighted by atomic mass is 10.2. The van der Waals surface area contributed by atoms with E-state index in [9.17, 15) is 14.7 Å². The van der Waals surface area contributed by atoms with Gasteiger partial charge in [0.15, 0.2) is 0 Å². The minimum absolute atomic E-state index is 0.0234. The highest BCUT2D eigenvalue weighted by Crippen LogP contribution is 2.22. The minimum atomic E-state index is -0.405. The molecule has 5 nitrogen and oxygen atoms in total. The molecule has 0 heterocycles. The Kier molecular flexibility index (Phi) is 5.35. The molecule has 0 saturated heterocycles. The second kappa shape index (κ2) is 6.56. The van der Waals surface area contributed by atoms with Gasteiger partial charge in [-0.1, -0.05) is 15.9 Å². The molecule has 1 aromatic carbocycles. The molecule has 1 aromatic rings. The standard InChI is InChI=1S/C13H17BrN2O3/c1-8(2)15-12(18)7-16(3)13(19)10-6-9(14)4-5-11(10)17/h4-6,8,17H,7H2,1-3H3,(H,15,18). The Bertz CT molecular complexity index is 489. The van der Waals surface area contributed by atoms with Gasteiger partial charge < -0.3 is 15.3 Å². The summed E-state index contributed by atoms with van der Waals surface area (Å²) < 4.78 is 0.689. The van der Waals surface area contributed by atoms with Crippen LogP contribution in [-0.2, 0) is 4.79 Å². The molecule has 2 amide bonds. The van der Waals surface area contributed by atoms with E-state index in [1.807, 2.05) is 13.8 Å². The van der Waals surface area contributed by atoms with E-state index in [0.29, 0.717) is 4.47 Å². The average Bonchev–Trinajstić information content (AvgIpc) is 2.30. The maximum atomic E-state index is 12.1. The first kappa shape index (κ1) is 15.5. The van der Waals surface area contributed by atoms with Crippen molar-refractivity contribution in [1.82, 2.24) is 10.2 Å². The first-order valence-corrected chi connectivity index (χ1v) is 6.64. The lowest BCUT2D eigenvalue weighted by Crippen LogP contribution is -2.40. The number of rotatable bonds is 4. The van der Waals surface area contributed by atoms with Crippen molar-refractivity contribution in [2.24, 2.45) is 0 Å². The number of phenolic OH excluding ortho intramolecular Hbond substituents is 1. The van der Waals surface area contributed by atoms with Gasteiger partial charge in [-0.25, -0.2) is 0 Å². The summed E-state index contributed by atoms with van der Waals surface area (Å²) in [6.07, 6.45) is 0. The lowest BCUT2D eigenvalue weighted by molar-refractivity contribution is -0.122. The highest BCUT2D eigenvalue weighted by molar-refractivity contribution is 9.10. The van der Waals surface area contributed by atoms with Crippen molar-refractivity contribution in [3.05, 3.63) is 28.2 Å². The molecule has 1 rings (SSSR count). The van der Waals surface area contributed by atoms with Crippen molar-refractivity contribution in [2.75, 3.05) is 13.6 Å². The SMILES string of the molecule is CC(C)NC(=O)CN(C)C(=O)c1cc(Br)ccc1O. The molecule has 0 spiro atoms. The highest BCUT2D eigenvalue weighted by Gasteiger charge is 2.18. The number of benzene rings is 1. The third-order valence-electron chi connectivity index (χ3n) is 2.37. The van der Waals surface area contributed by atoms with Gasteiger partial charge in [0, 0.05) is 17.6 Å². The molecule has 6 heteroatoms. The van der Waals surface area contributed by atoms with Crippen LogP contribution in [0.2, 0.25) is 0 Å². The molecular formula is C13H17BrN2O3. The van der Waals surface area contributed by atoms with Crippen molar-refractivity contribution in [3.63, 3.8) is 0 Å². The smallest absolute Gasteiger partial charge is 0.257 e. The maximum Gasteiger partial charge on any atom is 0.257 e. The van der Waals surface area contributed by atoms with Gasteiger partial charge >= 0.3 is 0 Å². The molecule has 2 N–H and O–H groups in total. The van der Waals surface area contributed by atoms with Crippen molar-refractivity contribution >= 4 is 27.7 Å². The molecule has 0 radical (unpaired) electrons. The van der Waals surface area contributed by atoms with Gasteiger partial charge in [-0.2, -0.15) is 0 Å². The van der Waals surface area contributed by atoms with Crippen molar-refractivity contribution in [1.29, 1.82) is 0 Å². The number of likely N-dealkylation sites (N-methyl/N-ethyl adjacent to an activating group) is 1. The van der Waals surface area contributed by atoms with Crippen LogP contribution in [0.5, 0.6) is 5.75 Å². The van der Waals surface area contributed by atoms with E-state index < -0.39 is 5.91 Å². The van der Waals surface area contributed by atoms with Gasteiger partial charge in [-0.05, 0) is 32.0 Å². The Labute approximate surface area is 120 Å². The molecule has 0 atom stereocenters. The number of nitrogens with zero attached hydrogens (tertiary/aromatic N) is 1. The monoisotopic (exact) mass is 328 g/mol. The number of hydrogen-bond acceptors (Lipinski definition) is 3. The fraction of sp³-hybridized carbons (Fsp3) is 0.385. The predicted octanol–water partition coefficient (Wildman–Crippen LogP) is 1.75. The van der Waals surface area contributed by atoms with Crippen LogP contribution in [0.3, 0.4) is 0 Å². The molecule has 104 valence electrons. The number of amides is 2. The zero-order valence-corrected chi connectivity index (χ0v) is 12.7. The van der Waals surface area contributed by atoms with E-state index in [0.717, 1.165) is 0 Å². The second-order valence-corrected chi connectivity index (χ2v) is 5.46. The fourth-order valence-electron chi connectivity index (χ4n) is 1.54. The maximum absolute atomic E-state index is 12.1. The molecule has 0 aliphatic heterocycles. The van der Waals surface area contributed by atoms with E-state index in [1.165, 1.54) is 24.1 Å². The molecule has 0 fully saturated rings. The number of hydrogen-bond donors (Lipinski definition) is 2. The molecule has 0 unspecified atom stereocenters. The third kappa shape index (κ3) is 4.55. The summed E-state index contributed by atoms with van der Waals surface area (Å²) in [4.78, 5) is 24.9. The van der Waals surface area contributed by atoms with Crippen molar-refractivity contribution in [3.8, 4) is 5.75 Å². The van der Waals surface area contributed by atoms with Crippen LogP contribution in [0.1, 0.15) is 24.2 Å². The van der Waals surface area contributed by atoms with Crippen molar-refractivity contribution in [2.45, 2.75) is 19.9 Å². The first-order chi connectivity index (χ1) is 8.81. The Morgan fingerprint density at radius 3 is 2.63 bits per heavy atom. The van der Waals surface area contributed by atoms with Gasteiger partial charge in [-0.15, -0.1) is 0 Å². The largest absolute Gasteiger partial charge is 0.507 e. The zero-order chi connectivity index (χ0) is 14.6. The Morgan fingerprint density at radius 1 is 1.42 bits per heavy atom. The van der Waals surface area contributed by atoms with Gasteiger partial charge in [0.2, 0.25) is 5.91 Å². The molecular weight excluding hydrogens is 312 g/mol. The summed E-state index contributed by atoms with van der Waals surface area (Å²) in [5.74, 6) is -0.748. The first-order valence-electron chi connectivity index (χ1n) is 5.84. The second-order valence-electron chi connectivity index (χ2n) is 4.54. The van der Waals surface area contributed by atoms with E-state index in [1.54, 1.807) is 6.07 Å². The Hall–Kier alpha value is -1.56. The van der Waals surface area contributed by atoms with Gasteiger partial charge in [0.25, 0.3) is 5.91 Å². The van der Waals surface area contributed by atoms with Gasteiger partial charge in [0.1, 0.15) is 5.75 Å². The van der Waals surface area contributed by atoms with Crippen LogP contribution in [0.15, 0.2) is 22.7 Å².